The molecule has 3 rings (SSSR count). The summed E-state index contributed by atoms with van der Waals surface area (Å²) < 4.78 is 29.3. The third-order valence-corrected chi connectivity index (χ3v) is 3.38. The fraction of sp³-hybridized carbons (Fsp3) is 0.0588. The van der Waals surface area contributed by atoms with Gasteiger partial charge in [0.25, 0.3) is 5.88 Å². The predicted octanol–water partition coefficient (Wildman–Crippen LogP) is 3.43. The number of aromatic nitrogens is 2. The van der Waals surface area contributed by atoms with Crippen LogP contribution in [0.3, 0.4) is 0 Å². The summed E-state index contributed by atoms with van der Waals surface area (Å²) in [6.45, 7) is 0. The van der Waals surface area contributed by atoms with Crippen LogP contribution in [0.4, 0.5) is 4.39 Å². The molecule has 0 unspecified atom stereocenters. The van der Waals surface area contributed by atoms with E-state index in [1.54, 1.807) is 18.2 Å². The summed E-state index contributed by atoms with van der Waals surface area (Å²) in [6.07, 6.45) is 3.69. The summed E-state index contributed by atoms with van der Waals surface area (Å²) in [5, 5.41) is 3.68. The molecule has 0 saturated carbocycles. The van der Waals surface area contributed by atoms with E-state index in [0.717, 1.165) is 6.20 Å². The second kappa shape index (κ2) is 8.28. The quantitative estimate of drug-likeness (QED) is 0.393. The van der Waals surface area contributed by atoms with Crippen molar-refractivity contribution in [3.05, 3.63) is 65.2 Å². The van der Waals surface area contributed by atoms with Gasteiger partial charge in [-0.2, -0.15) is 14.5 Å². The molecule has 0 aliphatic rings. The fourth-order valence-corrected chi connectivity index (χ4v) is 2.11. The second-order valence-electron chi connectivity index (χ2n) is 4.98. The third kappa shape index (κ3) is 4.59. The summed E-state index contributed by atoms with van der Waals surface area (Å²) in [6, 6.07) is 7.85. The molecule has 2 heterocycles. The SMILES string of the molecule is COc1cc(/C=N\NC(=O)c2ccco2)ccc1Oc1nc(Cl)ncc1F. The number of carbonyl (C=O) groups excluding carboxylic acids is 1. The van der Waals surface area contributed by atoms with Crippen molar-refractivity contribution in [2.45, 2.75) is 0 Å². The van der Waals surface area contributed by atoms with Gasteiger partial charge >= 0.3 is 5.91 Å². The van der Waals surface area contributed by atoms with Gasteiger partial charge in [0, 0.05) is 0 Å². The molecule has 2 aromatic heterocycles. The van der Waals surface area contributed by atoms with E-state index in [4.69, 9.17) is 25.5 Å². The maximum Gasteiger partial charge on any atom is 0.307 e. The topological polar surface area (TPSA) is 98.8 Å². The number of carbonyl (C=O) groups is 1. The van der Waals surface area contributed by atoms with Gasteiger partial charge in [-0.3, -0.25) is 4.79 Å². The van der Waals surface area contributed by atoms with Crippen molar-refractivity contribution < 1.29 is 23.1 Å². The van der Waals surface area contributed by atoms with E-state index in [1.807, 2.05) is 0 Å². The highest BCUT2D eigenvalue weighted by Crippen LogP contribution is 2.32. The fourth-order valence-electron chi connectivity index (χ4n) is 1.98. The number of nitrogens with zero attached hydrogens (tertiary/aromatic N) is 3. The standard InChI is InChI=1S/C17H12ClFN4O4/c1-25-14-7-10(8-21-23-15(24)13-3-2-6-26-13)4-5-12(14)27-16-11(19)9-20-17(18)22-16/h2-9H,1H3,(H,23,24)/b21-8-. The predicted molar refractivity (Wildman–Crippen MR) is 93.8 cm³/mol. The summed E-state index contributed by atoms with van der Waals surface area (Å²) in [4.78, 5) is 18.9. The van der Waals surface area contributed by atoms with Gasteiger partial charge in [-0.25, -0.2) is 10.4 Å². The van der Waals surface area contributed by atoms with Crippen molar-refractivity contribution in [1.29, 1.82) is 0 Å². The molecule has 3 aromatic rings. The molecule has 8 nitrogen and oxygen atoms in total. The Balaban J connectivity index is 1.73. The molecule has 1 amide bonds. The molecule has 0 fully saturated rings. The highest BCUT2D eigenvalue weighted by atomic mass is 35.5. The lowest BCUT2D eigenvalue weighted by Crippen LogP contribution is -2.16. The average molecular weight is 391 g/mol. The lowest BCUT2D eigenvalue weighted by molar-refractivity contribution is 0.0927. The minimum atomic E-state index is -0.771. The molecule has 1 N–H and O–H groups in total. The molecular formula is C17H12ClFN4O4. The summed E-state index contributed by atoms with van der Waals surface area (Å²) in [5.74, 6) is -0.945. The number of halogens is 2. The Kier molecular flexibility index (Phi) is 5.62. The largest absolute Gasteiger partial charge is 0.493 e. The Morgan fingerprint density at radius 1 is 1.37 bits per heavy atom. The van der Waals surface area contributed by atoms with E-state index in [9.17, 15) is 9.18 Å². The third-order valence-electron chi connectivity index (χ3n) is 3.20. The number of hydrogen-bond donors (Lipinski definition) is 1. The maximum atomic E-state index is 13.7. The Hall–Kier alpha value is -3.46. The van der Waals surface area contributed by atoms with Crippen molar-refractivity contribution in [2.24, 2.45) is 5.10 Å². The van der Waals surface area contributed by atoms with Crippen molar-refractivity contribution in [1.82, 2.24) is 15.4 Å². The van der Waals surface area contributed by atoms with Gasteiger partial charge in [-0.15, -0.1) is 0 Å². The van der Waals surface area contributed by atoms with E-state index in [1.165, 1.54) is 31.7 Å². The van der Waals surface area contributed by atoms with Crippen molar-refractivity contribution in [2.75, 3.05) is 7.11 Å². The maximum absolute atomic E-state index is 13.7. The van der Waals surface area contributed by atoms with Crippen LogP contribution in [0, 0.1) is 5.82 Å². The molecule has 138 valence electrons. The highest BCUT2D eigenvalue weighted by molar-refractivity contribution is 6.28. The van der Waals surface area contributed by atoms with E-state index in [2.05, 4.69) is 20.5 Å². The average Bonchev–Trinajstić information content (AvgIpc) is 3.20. The number of rotatable bonds is 6. The Morgan fingerprint density at radius 3 is 2.96 bits per heavy atom. The number of benzene rings is 1. The highest BCUT2D eigenvalue weighted by Gasteiger charge is 2.13. The number of nitrogens with one attached hydrogen (secondary N) is 1. The van der Waals surface area contributed by atoms with Gasteiger partial charge in [0.2, 0.25) is 11.1 Å². The van der Waals surface area contributed by atoms with Crippen LogP contribution in [0.5, 0.6) is 17.4 Å². The minimum absolute atomic E-state index is 0.138. The number of hydrogen-bond acceptors (Lipinski definition) is 7. The molecule has 0 aliphatic heterocycles. The van der Waals surface area contributed by atoms with E-state index in [-0.39, 0.29) is 22.7 Å². The van der Waals surface area contributed by atoms with Gasteiger partial charge in [-0.05, 0) is 47.5 Å². The number of methoxy groups -OCH3 is 1. The van der Waals surface area contributed by atoms with Gasteiger partial charge < -0.3 is 13.9 Å². The van der Waals surface area contributed by atoms with Crippen LogP contribution in [-0.2, 0) is 0 Å². The van der Waals surface area contributed by atoms with Crippen LogP contribution in [0.2, 0.25) is 5.28 Å². The van der Waals surface area contributed by atoms with Gasteiger partial charge in [0.05, 0.1) is 25.8 Å². The summed E-state index contributed by atoms with van der Waals surface area (Å²) >= 11 is 5.64. The zero-order valence-electron chi connectivity index (χ0n) is 13.8. The van der Waals surface area contributed by atoms with Gasteiger partial charge in [-0.1, -0.05) is 0 Å². The first-order chi connectivity index (χ1) is 13.1. The molecule has 0 spiro atoms. The first-order valence-electron chi connectivity index (χ1n) is 7.47. The number of furan rings is 1. The molecule has 10 heteroatoms. The summed E-state index contributed by atoms with van der Waals surface area (Å²) in [5.41, 5.74) is 2.92. The Labute approximate surface area is 157 Å². The lowest BCUT2D eigenvalue weighted by Gasteiger charge is -2.10. The van der Waals surface area contributed by atoms with Crippen LogP contribution >= 0.6 is 11.6 Å². The number of amides is 1. The first-order valence-corrected chi connectivity index (χ1v) is 7.85. The lowest BCUT2D eigenvalue weighted by atomic mass is 10.2. The molecule has 1 aromatic carbocycles. The second-order valence-corrected chi connectivity index (χ2v) is 5.32. The molecule has 0 saturated heterocycles. The normalized spacial score (nSPS) is 10.8. The molecule has 0 bridgehead atoms. The Morgan fingerprint density at radius 2 is 2.22 bits per heavy atom. The van der Waals surface area contributed by atoms with E-state index >= 15 is 0 Å². The van der Waals surface area contributed by atoms with Crippen LogP contribution in [0.25, 0.3) is 0 Å². The first kappa shape index (κ1) is 18.3. The molecule has 27 heavy (non-hydrogen) atoms. The van der Waals surface area contributed by atoms with E-state index < -0.39 is 11.7 Å². The monoisotopic (exact) mass is 390 g/mol. The minimum Gasteiger partial charge on any atom is -0.493 e. The van der Waals surface area contributed by atoms with Gasteiger partial charge in [0.1, 0.15) is 0 Å². The van der Waals surface area contributed by atoms with E-state index in [0.29, 0.717) is 11.3 Å². The van der Waals surface area contributed by atoms with Crippen molar-refractivity contribution in [3.63, 3.8) is 0 Å². The molecule has 0 aliphatic carbocycles. The van der Waals surface area contributed by atoms with Crippen LogP contribution in [0.15, 0.2) is 52.3 Å². The van der Waals surface area contributed by atoms with Gasteiger partial charge in [0.15, 0.2) is 17.3 Å². The smallest absolute Gasteiger partial charge is 0.307 e. The zero-order valence-corrected chi connectivity index (χ0v) is 14.6. The molecule has 0 radical (unpaired) electrons. The number of hydrazone groups is 1. The van der Waals surface area contributed by atoms with Crippen LogP contribution in [0.1, 0.15) is 16.1 Å². The van der Waals surface area contributed by atoms with Crippen molar-refractivity contribution in [3.8, 4) is 17.4 Å². The Bertz CT molecular complexity index is 979. The van der Waals surface area contributed by atoms with Crippen LogP contribution < -0.4 is 14.9 Å². The molecular weight excluding hydrogens is 379 g/mol. The van der Waals surface area contributed by atoms with Crippen LogP contribution in [-0.4, -0.2) is 29.2 Å². The number of ether oxygens (including phenoxy) is 2. The molecule has 0 atom stereocenters. The summed E-state index contributed by atoms with van der Waals surface area (Å²) in [7, 11) is 1.42. The zero-order chi connectivity index (χ0) is 19.2. The van der Waals surface area contributed by atoms with Crippen molar-refractivity contribution >= 4 is 23.7 Å².